The summed E-state index contributed by atoms with van der Waals surface area (Å²) in [5.41, 5.74) is -4.13. The van der Waals surface area contributed by atoms with Gasteiger partial charge in [0.15, 0.2) is 18.2 Å². The molecule has 4 aliphatic rings. The lowest BCUT2D eigenvalue weighted by atomic mass is 9.55. The number of esters is 3. The van der Waals surface area contributed by atoms with Gasteiger partial charge in [-0.3, -0.25) is 14.4 Å². The number of hydrogen-bond acceptors (Lipinski definition) is 14. The van der Waals surface area contributed by atoms with Gasteiger partial charge in [0.05, 0.1) is 29.3 Å². The minimum absolute atomic E-state index is 0.135. The lowest BCUT2D eigenvalue weighted by Gasteiger charge is -2.54. The Morgan fingerprint density at radius 2 is 1.59 bits per heavy atom. The zero-order chi connectivity index (χ0) is 37.8. The number of rotatable bonds is 8. The molecule has 0 bridgehead atoms. The molecule has 5 rings (SSSR count). The van der Waals surface area contributed by atoms with E-state index in [1.54, 1.807) is 37.3 Å². The maximum absolute atomic E-state index is 13.9. The summed E-state index contributed by atoms with van der Waals surface area (Å²) in [6.07, 6.45) is -13.1. The lowest BCUT2D eigenvalue weighted by Crippen LogP contribution is -2.61. The number of allylic oxidation sites excluding steroid dienone is 1. The summed E-state index contributed by atoms with van der Waals surface area (Å²) in [6.45, 7) is 12.2. The van der Waals surface area contributed by atoms with Gasteiger partial charge < -0.3 is 49.2 Å². The first-order valence-electron chi connectivity index (χ1n) is 17.0. The van der Waals surface area contributed by atoms with Crippen LogP contribution in [0.3, 0.4) is 0 Å². The molecular weight excluding hydrogens is 668 g/mol. The fourth-order valence-corrected chi connectivity index (χ4v) is 8.73. The molecule has 14 nitrogen and oxygen atoms in total. The number of fused-ring (bicyclic) bond motifs is 2. The van der Waals surface area contributed by atoms with Crippen LogP contribution in [0, 0.1) is 16.7 Å². The highest BCUT2D eigenvalue weighted by Gasteiger charge is 2.72. The molecule has 0 spiro atoms. The summed E-state index contributed by atoms with van der Waals surface area (Å²) in [4.78, 5) is 53.7. The summed E-state index contributed by atoms with van der Waals surface area (Å²) >= 11 is 0. The molecule has 51 heavy (non-hydrogen) atoms. The summed E-state index contributed by atoms with van der Waals surface area (Å²) in [5, 5.41) is 53.5. The van der Waals surface area contributed by atoms with Crippen LogP contribution in [-0.2, 0) is 38.1 Å². The number of aliphatic hydroxyl groups excluding tert-OH is 4. The van der Waals surface area contributed by atoms with Crippen LogP contribution in [0.2, 0.25) is 0 Å². The van der Waals surface area contributed by atoms with Crippen molar-refractivity contribution in [2.75, 3.05) is 6.61 Å². The highest BCUT2D eigenvalue weighted by atomic mass is 16.7. The predicted molar refractivity (Wildman–Crippen MR) is 176 cm³/mol. The van der Waals surface area contributed by atoms with Crippen molar-refractivity contribution in [1.82, 2.24) is 0 Å². The van der Waals surface area contributed by atoms with Crippen molar-refractivity contribution in [3.05, 3.63) is 59.2 Å². The fraction of sp³-hybridized carbons (Fsp3) is 0.622. The van der Waals surface area contributed by atoms with E-state index in [4.69, 9.17) is 23.7 Å². The molecule has 1 aromatic rings. The molecule has 2 saturated carbocycles. The molecule has 1 heterocycles. The summed E-state index contributed by atoms with van der Waals surface area (Å²) in [6, 6.07) is 8.09. The third kappa shape index (κ3) is 6.56. The largest absolute Gasteiger partial charge is 0.461 e. The van der Waals surface area contributed by atoms with Crippen molar-refractivity contribution in [3.8, 4) is 0 Å². The van der Waals surface area contributed by atoms with Crippen LogP contribution in [-0.4, -0.2) is 117 Å². The molecule has 12 atom stereocenters. The van der Waals surface area contributed by atoms with Crippen molar-refractivity contribution in [2.45, 2.75) is 122 Å². The molecule has 1 saturated heterocycles. The zero-order valence-electron chi connectivity index (χ0n) is 29.6. The van der Waals surface area contributed by atoms with Gasteiger partial charge in [-0.05, 0) is 62.5 Å². The van der Waals surface area contributed by atoms with Crippen molar-refractivity contribution < 1.29 is 68.4 Å². The van der Waals surface area contributed by atoms with E-state index in [-0.39, 0.29) is 41.5 Å². The average Bonchev–Trinajstić information content (AvgIpc) is 3.30. The van der Waals surface area contributed by atoms with Gasteiger partial charge in [-0.15, -0.1) is 0 Å². The summed E-state index contributed by atoms with van der Waals surface area (Å²) in [5.74, 6) is -3.74. The number of aliphatic hydroxyl groups is 5. The molecule has 5 N–H and O–H groups in total. The highest BCUT2D eigenvalue weighted by Crippen LogP contribution is 2.65. The van der Waals surface area contributed by atoms with Gasteiger partial charge >= 0.3 is 17.9 Å². The fourth-order valence-electron chi connectivity index (χ4n) is 8.73. The molecular formula is C37H48O14. The zero-order valence-corrected chi connectivity index (χ0v) is 29.6. The average molecular weight is 717 g/mol. The normalized spacial score (nSPS) is 38.3. The van der Waals surface area contributed by atoms with Crippen molar-refractivity contribution in [2.24, 2.45) is 16.7 Å². The van der Waals surface area contributed by atoms with Crippen LogP contribution >= 0.6 is 0 Å². The number of carbonyl (C=O) groups excluding carboxylic acids is 4. The smallest absolute Gasteiger partial charge is 0.338 e. The van der Waals surface area contributed by atoms with E-state index in [0.717, 1.165) is 0 Å². The number of carbonyl (C=O) groups is 4. The van der Waals surface area contributed by atoms with Gasteiger partial charge in [0.1, 0.15) is 36.6 Å². The summed E-state index contributed by atoms with van der Waals surface area (Å²) in [7, 11) is 0. The Morgan fingerprint density at radius 1 is 0.980 bits per heavy atom. The van der Waals surface area contributed by atoms with Crippen molar-refractivity contribution >= 4 is 23.7 Å². The Bertz CT molecular complexity index is 1580. The van der Waals surface area contributed by atoms with Gasteiger partial charge in [-0.1, -0.05) is 31.7 Å². The van der Waals surface area contributed by atoms with E-state index in [1.165, 1.54) is 34.6 Å². The standard InChI is InChI=1S/C37H48O14/c1-17-22(41)15-37(35(5,6)46)25(17)30(51-33(45)21-11-9-8-10-12-21)32(48-20(4)40)36(7)14-13-23(18(2)26(36)31(37)47-19(3)39)49-34-29(44)28(43)27(42)24(16-38)50-34/h8-12,23-24,26-32,34,38,42-44,46H,2,13-16H2,1,3-7H3. The third-order valence-electron chi connectivity index (χ3n) is 11.3. The SMILES string of the molecule is C=C1C(OC2OC(CO)C(O)C(O)C2O)CCC2(C)C(OC(C)=O)C(OC(=O)c3ccccc3)C3=C(C)C(=O)CC3(C(C)(C)O)C(OC(C)=O)C12. The Balaban J connectivity index is 1.72. The molecule has 12 unspecified atom stereocenters. The van der Waals surface area contributed by atoms with Crippen LogP contribution in [0.1, 0.15) is 71.2 Å². The molecule has 3 fully saturated rings. The molecule has 280 valence electrons. The first-order valence-corrected chi connectivity index (χ1v) is 17.0. The Hall–Kier alpha value is -3.50. The van der Waals surface area contributed by atoms with Gasteiger partial charge in [0.2, 0.25) is 0 Å². The van der Waals surface area contributed by atoms with E-state index in [0.29, 0.717) is 0 Å². The number of hydrogen-bond donors (Lipinski definition) is 5. The van der Waals surface area contributed by atoms with Crippen LogP contribution < -0.4 is 0 Å². The highest BCUT2D eigenvalue weighted by molar-refractivity contribution is 6.00. The molecule has 1 aromatic carbocycles. The van der Waals surface area contributed by atoms with Gasteiger partial charge in [0.25, 0.3) is 0 Å². The van der Waals surface area contributed by atoms with E-state index in [2.05, 4.69) is 6.58 Å². The van der Waals surface area contributed by atoms with Gasteiger partial charge in [-0.2, -0.15) is 0 Å². The van der Waals surface area contributed by atoms with Gasteiger partial charge in [0, 0.05) is 31.6 Å². The monoisotopic (exact) mass is 716 g/mol. The molecule has 0 aromatic heterocycles. The van der Waals surface area contributed by atoms with Crippen molar-refractivity contribution in [3.63, 3.8) is 0 Å². The molecule has 14 heteroatoms. The number of Topliss-reactive ketones (excluding diaryl/α,β-unsaturated/α-hetero) is 1. The lowest BCUT2D eigenvalue weighted by molar-refractivity contribution is -0.311. The second kappa shape index (κ2) is 14.1. The van der Waals surface area contributed by atoms with Crippen LogP contribution in [0.15, 0.2) is 53.6 Å². The Kier molecular flexibility index (Phi) is 10.7. The first-order chi connectivity index (χ1) is 23.8. The van der Waals surface area contributed by atoms with E-state index in [9.17, 15) is 44.7 Å². The molecule has 1 aliphatic heterocycles. The predicted octanol–water partition coefficient (Wildman–Crippen LogP) is 1.29. The molecule has 0 radical (unpaired) electrons. The van der Waals surface area contributed by atoms with Gasteiger partial charge in [-0.25, -0.2) is 4.79 Å². The van der Waals surface area contributed by atoms with E-state index in [1.807, 2.05) is 0 Å². The van der Waals surface area contributed by atoms with Crippen LogP contribution in [0.25, 0.3) is 0 Å². The minimum atomic E-state index is -1.84. The quantitative estimate of drug-likeness (QED) is 0.146. The Morgan fingerprint density at radius 3 is 2.16 bits per heavy atom. The number of benzene rings is 1. The van der Waals surface area contributed by atoms with E-state index >= 15 is 0 Å². The number of ether oxygens (including phenoxy) is 5. The van der Waals surface area contributed by atoms with E-state index < -0.39 is 108 Å². The second-order valence-corrected chi connectivity index (χ2v) is 14.8. The first kappa shape index (κ1) is 38.7. The van der Waals surface area contributed by atoms with Crippen LogP contribution in [0.5, 0.6) is 0 Å². The van der Waals surface area contributed by atoms with Crippen LogP contribution in [0.4, 0.5) is 0 Å². The maximum atomic E-state index is 13.9. The minimum Gasteiger partial charge on any atom is -0.461 e. The second-order valence-electron chi connectivity index (χ2n) is 14.8. The number of ketones is 1. The maximum Gasteiger partial charge on any atom is 0.338 e. The third-order valence-corrected chi connectivity index (χ3v) is 11.3. The molecule has 3 aliphatic carbocycles. The molecule has 0 amide bonds. The van der Waals surface area contributed by atoms with Crippen molar-refractivity contribution in [1.29, 1.82) is 0 Å². The summed E-state index contributed by atoms with van der Waals surface area (Å²) < 4.78 is 30.3. The topological polar surface area (TPSA) is 216 Å². The Labute approximate surface area is 296 Å².